The Balaban J connectivity index is 1.61. The van der Waals surface area contributed by atoms with Crippen molar-refractivity contribution in [2.24, 2.45) is 0 Å². The van der Waals surface area contributed by atoms with Crippen molar-refractivity contribution in [2.45, 2.75) is 32.7 Å². The van der Waals surface area contributed by atoms with E-state index >= 15 is 0 Å². The molecule has 0 radical (unpaired) electrons. The van der Waals surface area contributed by atoms with Crippen LogP contribution in [-0.2, 0) is 4.79 Å². The van der Waals surface area contributed by atoms with E-state index in [1.165, 1.54) is 11.3 Å². The molecule has 2 amide bonds. The van der Waals surface area contributed by atoms with Gasteiger partial charge in [0.05, 0.1) is 14.2 Å². The molecule has 0 spiro atoms. The van der Waals surface area contributed by atoms with Gasteiger partial charge in [0.2, 0.25) is 11.0 Å². The summed E-state index contributed by atoms with van der Waals surface area (Å²) in [5.41, 5.74) is 1.45. The van der Waals surface area contributed by atoms with Gasteiger partial charge in [-0.3, -0.25) is 9.59 Å². The van der Waals surface area contributed by atoms with E-state index in [1.54, 1.807) is 43.4 Å². The van der Waals surface area contributed by atoms with Crippen molar-refractivity contribution in [3.63, 3.8) is 0 Å². The Labute approximate surface area is 197 Å². The number of anilines is 1. The van der Waals surface area contributed by atoms with E-state index < -0.39 is 0 Å². The number of rotatable bonds is 10. The standard InChI is InChI=1S/C24H28N4O4S/c1-5-16(2)28(23(30)18-8-12-20(32-4)13-9-18)15-14-21(29)25-24-27-26-22(33-24)17-6-10-19(31-3)11-7-17/h6-13,16H,5,14-15H2,1-4H3,(H,25,27,29). The van der Waals surface area contributed by atoms with Gasteiger partial charge in [-0.15, -0.1) is 10.2 Å². The van der Waals surface area contributed by atoms with Crippen LogP contribution in [0.3, 0.4) is 0 Å². The summed E-state index contributed by atoms with van der Waals surface area (Å²) in [4.78, 5) is 27.3. The van der Waals surface area contributed by atoms with Crippen LogP contribution in [0.4, 0.5) is 5.13 Å². The molecule has 1 aromatic heterocycles. The van der Waals surface area contributed by atoms with Gasteiger partial charge in [0.15, 0.2) is 0 Å². The number of carbonyl (C=O) groups excluding carboxylic acids is 2. The Morgan fingerprint density at radius 1 is 1.00 bits per heavy atom. The number of hydrogen-bond acceptors (Lipinski definition) is 7. The van der Waals surface area contributed by atoms with Gasteiger partial charge in [0, 0.05) is 30.1 Å². The van der Waals surface area contributed by atoms with Crippen molar-refractivity contribution in [3.8, 4) is 22.1 Å². The molecule has 0 aliphatic carbocycles. The molecule has 1 unspecified atom stereocenters. The monoisotopic (exact) mass is 468 g/mol. The highest BCUT2D eigenvalue weighted by Crippen LogP contribution is 2.27. The van der Waals surface area contributed by atoms with Crippen LogP contribution in [0.2, 0.25) is 0 Å². The lowest BCUT2D eigenvalue weighted by molar-refractivity contribution is -0.116. The molecule has 1 heterocycles. The van der Waals surface area contributed by atoms with Crippen LogP contribution in [0.5, 0.6) is 11.5 Å². The minimum atomic E-state index is -0.219. The zero-order valence-corrected chi connectivity index (χ0v) is 20.0. The van der Waals surface area contributed by atoms with Crippen molar-refractivity contribution in [1.82, 2.24) is 15.1 Å². The highest BCUT2D eigenvalue weighted by molar-refractivity contribution is 7.18. The van der Waals surface area contributed by atoms with Gasteiger partial charge in [-0.1, -0.05) is 18.3 Å². The summed E-state index contributed by atoms with van der Waals surface area (Å²) in [7, 11) is 3.19. The molecule has 33 heavy (non-hydrogen) atoms. The van der Waals surface area contributed by atoms with Gasteiger partial charge < -0.3 is 19.7 Å². The van der Waals surface area contributed by atoms with Gasteiger partial charge in [0.25, 0.3) is 5.91 Å². The quantitative estimate of drug-likeness (QED) is 0.471. The highest BCUT2D eigenvalue weighted by Gasteiger charge is 2.22. The van der Waals surface area contributed by atoms with Crippen LogP contribution < -0.4 is 14.8 Å². The minimum absolute atomic E-state index is 0.00407. The van der Waals surface area contributed by atoms with Crippen LogP contribution in [0, 0.1) is 0 Å². The SMILES string of the molecule is CCC(C)N(CCC(=O)Nc1nnc(-c2ccc(OC)cc2)s1)C(=O)c1ccc(OC)cc1. The number of hydrogen-bond donors (Lipinski definition) is 1. The molecular formula is C24H28N4O4S. The van der Waals surface area contributed by atoms with Crippen molar-refractivity contribution >= 4 is 28.3 Å². The predicted octanol–water partition coefficient (Wildman–Crippen LogP) is 4.49. The van der Waals surface area contributed by atoms with Gasteiger partial charge in [0.1, 0.15) is 16.5 Å². The number of nitrogens with zero attached hydrogens (tertiary/aromatic N) is 3. The third-order valence-electron chi connectivity index (χ3n) is 5.31. The molecule has 0 aliphatic heterocycles. The first kappa shape index (κ1) is 24.2. The Morgan fingerprint density at radius 3 is 2.18 bits per heavy atom. The van der Waals surface area contributed by atoms with Crippen molar-refractivity contribution in [3.05, 3.63) is 54.1 Å². The molecule has 0 bridgehead atoms. The summed E-state index contributed by atoms with van der Waals surface area (Å²) in [6.45, 7) is 4.29. The zero-order chi connectivity index (χ0) is 23.8. The maximum absolute atomic E-state index is 13.0. The van der Waals surface area contributed by atoms with Crippen LogP contribution in [0.15, 0.2) is 48.5 Å². The molecule has 0 saturated heterocycles. The van der Waals surface area contributed by atoms with E-state index in [9.17, 15) is 9.59 Å². The molecule has 9 heteroatoms. The molecular weight excluding hydrogens is 440 g/mol. The summed E-state index contributed by atoms with van der Waals surface area (Å²) >= 11 is 1.29. The second-order valence-electron chi connectivity index (χ2n) is 7.42. The number of benzene rings is 2. The molecule has 3 aromatic rings. The zero-order valence-electron chi connectivity index (χ0n) is 19.2. The second kappa shape index (κ2) is 11.4. The number of ether oxygens (including phenoxy) is 2. The number of nitrogens with one attached hydrogen (secondary N) is 1. The van der Waals surface area contributed by atoms with Crippen molar-refractivity contribution in [2.75, 3.05) is 26.1 Å². The Morgan fingerprint density at radius 2 is 1.61 bits per heavy atom. The normalized spacial score (nSPS) is 11.5. The van der Waals surface area contributed by atoms with Gasteiger partial charge in [-0.2, -0.15) is 0 Å². The maximum Gasteiger partial charge on any atom is 0.254 e. The molecule has 1 atom stereocenters. The molecule has 0 aliphatic rings. The number of aromatic nitrogens is 2. The summed E-state index contributed by atoms with van der Waals surface area (Å²) in [5, 5.41) is 12.1. The van der Waals surface area contributed by atoms with E-state index in [4.69, 9.17) is 9.47 Å². The van der Waals surface area contributed by atoms with Crippen LogP contribution in [-0.4, -0.2) is 53.7 Å². The van der Waals surface area contributed by atoms with Crippen LogP contribution in [0.1, 0.15) is 37.0 Å². The second-order valence-corrected chi connectivity index (χ2v) is 8.40. The molecule has 3 rings (SSSR count). The smallest absolute Gasteiger partial charge is 0.254 e. The first-order chi connectivity index (χ1) is 15.9. The molecule has 1 N–H and O–H groups in total. The van der Waals surface area contributed by atoms with Crippen molar-refractivity contribution in [1.29, 1.82) is 0 Å². The molecule has 174 valence electrons. The molecule has 2 aromatic carbocycles. The number of amides is 2. The average Bonchev–Trinajstić information content (AvgIpc) is 3.32. The minimum Gasteiger partial charge on any atom is -0.497 e. The Hall–Kier alpha value is -3.46. The van der Waals surface area contributed by atoms with E-state index in [0.29, 0.717) is 28.0 Å². The van der Waals surface area contributed by atoms with E-state index in [2.05, 4.69) is 15.5 Å². The first-order valence-electron chi connectivity index (χ1n) is 10.7. The fourth-order valence-corrected chi connectivity index (χ4v) is 3.93. The highest BCUT2D eigenvalue weighted by atomic mass is 32.1. The van der Waals surface area contributed by atoms with Gasteiger partial charge in [-0.25, -0.2) is 0 Å². The summed E-state index contributed by atoms with van der Waals surface area (Å²) in [6.07, 6.45) is 0.939. The van der Waals surface area contributed by atoms with Crippen LogP contribution >= 0.6 is 11.3 Å². The average molecular weight is 469 g/mol. The molecule has 0 saturated carbocycles. The van der Waals surface area contributed by atoms with Gasteiger partial charge in [-0.05, 0) is 61.9 Å². The maximum atomic E-state index is 13.0. The summed E-state index contributed by atoms with van der Waals surface area (Å²) in [6, 6.07) is 14.4. The first-order valence-corrected chi connectivity index (χ1v) is 11.5. The third-order valence-corrected chi connectivity index (χ3v) is 6.20. The van der Waals surface area contributed by atoms with Crippen LogP contribution in [0.25, 0.3) is 10.6 Å². The lowest BCUT2D eigenvalue weighted by Gasteiger charge is -2.28. The Bertz CT molecular complexity index is 1070. The van der Waals surface area contributed by atoms with E-state index in [0.717, 1.165) is 17.7 Å². The fourth-order valence-electron chi connectivity index (χ4n) is 3.17. The summed E-state index contributed by atoms with van der Waals surface area (Å²) in [5.74, 6) is 1.11. The third kappa shape index (κ3) is 6.29. The predicted molar refractivity (Wildman–Crippen MR) is 129 cm³/mol. The lowest BCUT2D eigenvalue weighted by Crippen LogP contribution is -2.40. The van der Waals surface area contributed by atoms with Gasteiger partial charge >= 0.3 is 0 Å². The number of methoxy groups -OCH3 is 2. The molecule has 0 fully saturated rings. The largest absolute Gasteiger partial charge is 0.497 e. The topological polar surface area (TPSA) is 93.7 Å². The number of carbonyl (C=O) groups is 2. The lowest BCUT2D eigenvalue weighted by atomic mass is 10.1. The Kier molecular flexibility index (Phi) is 8.37. The van der Waals surface area contributed by atoms with E-state index in [1.807, 2.05) is 38.1 Å². The molecule has 8 nitrogen and oxygen atoms in total. The fraction of sp³-hybridized carbons (Fsp3) is 0.333. The summed E-state index contributed by atoms with van der Waals surface area (Å²) < 4.78 is 10.3. The van der Waals surface area contributed by atoms with E-state index in [-0.39, 0.29) is 24.3 Å². The van der Waals surface area contributed by atoms with Crippen molar-refractivity contribution < 1.29 is 19.1 Å².